The lowest BCUT2D eigenvalue weighted by Gasteiger charge is -2.07. The first-order valence-electron chi connectivity index (χ1n) is 13.6. The summed E-state index contributed by atoms with van der Waals surface area (Å²) in [5, 5.41) is 9.79. The molecule has 0 radical (unpaired) electrons. The minimum Gasteiger partial charge on any atom is -0.456 e. The van der Waals surface area contributed by atoms with Gasteiger partial charge >= 0.3 is 0 Å². The predicted molar refractivity (Wildman–Crippen MR) is 168 cm³/mol. The molecule has 0 saturated heterocycles. The maximum atomic E-state index is 6.50. The maximum absolute atomic E-state index is 6.50. The van der Waals surface area contributed by atoms with E-state index in [2.05, 4.69) is 110 Å². The Balaban J connectivity index is 0.000000804. The van der Waals surface area contributed by atoms with E-state index < -0.39 is 0 Å². The minimum absolute atomic E-state index is 0.917. The first kappa shape index (κ1) is 26.8. The van der Waals surface area contributed by atoms with Crippen LogP contribution in [0.25, 0.3) is 56.1 Å². The van der Waals surface area contributed by atoms with Gasteiger partial charge in [0.2, 0.25) is 0 Å². The van der Waals surface area contributed by atoms with Crippen molar-refractivity contribution in [1.82, 2.24) is 4.57 Å². The highest BCUT2D eigenvalue weighted by molar-refractivity contribution is 6.21. The summed E-state index contributed by atoms with van der Waals surface area (Å²) in [5.41, 5.74) is 6.48. The van der Waals surface area contributed by atoms with Crippen LogP contribution in [-0.4, -0.2) is 4.57 Å². The number of aryl methyl sites for hydroxylation is 1. The lowest BCUT2D eigenvalue weighted by atomic mass is 10.0. The van der Waals surface area contributed by atoms with Crippen molar-refractivity contribution in [2.24, 2.45) is 7.05 Å². The van der Waals surface area contributed by atoms with Crippen LogP contribution in [0, 0.1) is 0 Å². The van der Waals surface area contributed by atoms with Gasteiger partial charge in [0.25, 0.3) is 0 Å². The van der Waals surface area contributed by atoms with Gasteiger partial charge in [-0.15, -0.1) is 13.2 Å². The van der Waals surface area contributed by atoms with Crippen LogP contribution in [0.1, 0.15) is 40.0 Å². The molecule has 3 heteroatoms. The molecule has 1 N–H and O–H groups in total. The van der Waals surface area contributed by atoms with Gasteiger partial charge in [0.15, 0.2) is 0 Å². The highest BCUT2D eigenvalue weighted by atomic mass is 16.3. The van der Waals surface area contributed by atoms with Crippen molar-refractivity contribution in [1.29, 1.82) is 0 Å². The third-order valence-corrected chi connectivity index (χ3v) is 6.75. The number of hydrogen-bond donors (Lipinski definition) is 1. The van der Waals surface area contributed by atoms with Gasteiger partial charge in [-0.2, -0.15) is 0 Å². The largest absolute Gasteiger partial charge is 0.456 e. The normalized spacial score (nSPS) is 12.5. The second-order valence-corrected chi connectivity index (χ2v) is 8.88. The van der Waals surface area contributed by atoms with Gasteiger partial charge in [0.05, 0.1) is 11.2 Å². The third kappa shape index (κ3) is 4.84. The van der Waals surface area contributed by atoms with Crippen molar-refractivity contribution in [3.05, 3.63) is 103 Å². The Morgan fingerprint density at radius 3 is 2.42 bits per heavy atom. The molecule has 2 heterocycles. The van der Waals surface area contributed by atoms with Gasteiger partial charge < -0.3 is 14.3 Å². The predicted octanol–water partition coefficient (Wildman–Crippen LogP) is 8.82. The zero-order valence-corrected chi connectivity index (χ0v) is 23.1. The fraction of sp³-hybridized carbons (Fsp3) is 0.200. The first-order chi connectivity index (χ1) is 18.8. The van der Waals surface area contributed by atoms with Gasteiger partial charge in [-0.3, -0.25) is 0 Å². The van der Waals surface area contributed by atoms with Crippen LogP contribution in [0.4, 0.5) is 5.69 Å². The lowest BCUT2D eigenvalue weighted by Crippen LogP contribution is -2.29. The van der Waals surface area contributed by atoms with E-state index in [9.17, 15) is 0 Å². The molecule has 0 unspecified atom stereocenters. The summed E-state index contributed by atoms with van der Waals surface area (Å²) < 4.78 is 8.83. The average molecular weight is 503 g/mol. The summed E-state index contributed by atoms with van der Waals surface area (Å²) in [6.07, 6.45) is 16.2. The first-order valence-corrected chi connectivity index (χ1v) is 13.6. The zero-order chi connectivity index (χ0) is 27.1. The number of fused-ring (bicyclic) bond motifs is 7. The van der Waals surface area contributed by atoms with Gasteiger partial charge in [0, 0.05) is 46.0 Å². The average Bonchev–Trinajstić information content (AvgIpc) is 3.50. The van der Waals surface area contributed by atoms with Gasteiger partial charge in [-0.05, 0) is 48.6 Å². The van der Waals surface area contributed by atoms with E-state index >= 15 is 0 Å². The summed E-state index contributed by atoms with van der Waals surface area (Å²) in [4.78, 5) is 0. The molecule has 0 spiro atoms. The minimum atomic E-state index is 0.917. The molecule has 6 rings (SSSR count). The van der Waals surface area contributed by atoms with E-state index in [4.69, 9.17) is 4.42 Å². The van der Waals surface area contributed by atoms with Gasteiger partial charge in [0.1, 0.15) is 11.2 Å². The molecule has 0 amide bonds. The van der Waals surface area contributed by atoms with Crippen molar-refractivity contribution >= 4 is 50.7 Å². The molecule has 0 atom stereocenters. The topological polar surface area (TPSA) is 30.1 Å². The number of hydrogen-bond acceptors (Lipinski definition) is 2. The molecule has 5 aromatic rings. The number of furan rings is 1. The number of anilines is 1. The zero-order valence-electron chi connectivity index (χ0n) is 23.1. The van der Waals surface area contributed by atoms with Crippen LogP contribution in [-0.2, 0) is 7.05 Å². The quantitative estimate of drug-likeness (QED) is 0.192. The van der Waals surface area contributed by atoms with E-state index in [0.717, 1.165) is 36.1 Å². The van der Waals surface area contributed by atoms with Crippen LogP contribution < -0.4 is 15.9 Å². The molecule has 1 aliphatic rings. The van der Waals surface area contributed by atoms with E-state index in [-0.39, 0.29) is 0 Å². The molecular weight excluding hydrogens is 464 g/mol. The monoisotopic (exact) mass is 502 g/mol. The Morgan fingerprint density at radius 2 is 1.66 bits per heavy atom. The Morgan fingerprint density at radius 1 is 0.895 bits per heavy atom. The van der Waals surface area contributed by atoms with Crippen molar-refractivity contribution < 1.29 is 4.42 Å². The number of nitrogens with zero attached hydrogens (tertiary/aromatic N) is 1. The van der Waals surface area contributed by atoms with E-state index in [1.807, 2.05) is 32.2 Å². The van der Waals surface area contributed by atoms with Crippen LogP contribution >= 0.6 is 0 Å². The van der Waals surface area contributed by atoms with E-state index in [0.29, 0.717) is 0 Å². The maximum Gasteiger partial charge on any atom is 0.138 e. The second kappa shape index (κ2) is 12.3. The fourth-order valence-electron chi connectivity index (χ4n) is 5.20. The highest BCUT2D eigenvalue weighted by Gasteiger charge is 2.19. The third-order valence-electron chi connectivity index (χ3n) is 6.75. The number of allylic oxidation sites excluding steroid dienone is 3. The summed E-state index contributed by atoms with van der Waals surface area (Å²) >= 11 is 0. The smallest absolute Gasteiger partial charge is 0.138 e. The van der Waals surface area contributed by atoms with Crippen LogP contribution in [0.5, 0.6) is 0 Å². The molecule has 194 valence electrons. The molecule has 0 fully saturated rings. The van der Waals surface area contributed by atoms with Gasteiger partial charge in [-0.25, -0.2) is 0 Å². The molecule has 0 saturated carbocycles. The standard InChI is InChI=1S/C31H28N2O.C2H6.C2H4/c1-3-4-5-11-18-32-25-20-28-29(30-23-14-9-10-15-26(23)33(2)31(25)30)24-17-16-22(19-27(24)34-28)21-12-7-6-8-13-21;2*1-2/h4-8,11-20,32H,3,9-10H2,1-2H3;1-2H3;1-2H2/b5-4-,18-11-;;. The number of rotatable bonds is 5. The molecule has 0 bridgehead atoms. The van der Waals surface area contributed by atoms with E-state index in [1.54, 1.807) is 0 Å². The molecule has 3 aromatic carbocycles. The molecule has 3 nitrogen and oxygen atoms in total. The summed E-state index contributed by atoms with van der Waals surface area (Å²) in [6.45, 7) is 12.1. The molecule has 2 aromatic heterocycles. The SMILES string of the molecule is C=C.CC.CC/C=C\C=C/Nc1cc2oc3cc(-c4ccccc4)ccc3c2c2c3c(n(C)c12)=CCCC=3. The number of aromatic nitrogens is 1. The van der Waals surface area contributed by atoms with Crippen LogP contribution in [0.15, 0.2) is 96.6 Å². The van der Waals surface area contributed by atoms with Gasteiger partial charge in [-0.1, -0.05) is 81.5 Å². The second-order valence-electron chi connectivity index (χ2n) is 8.88. The van der Waals surface area contributed by atoms with Crippen molar-refractivity contribution in [2.45, 2.75) is 40.0 Å². The Labute approximate surface area is 225 Å². The summed E-state index contributed by atoms with van der Waals surface area (Å²) in [7, 11) is 2.17. The van der Waals surface area contributed by atoms with Crippen LogP contribution in [0.2, 0.25) is 0 Å². The van der Waals surface area contributed by atoms with Crippen molar-refractivity contribution in [2.75, 3.05) is 5.32 Å². The van der Waals surface area contributed by atoms with E-state index in [1.165, 1.54) is 43.4 Å². The molecule has 1 aliphatic carbocycles. The molecule has 38 heavy (non-hydrogen) atoms. The number of nitrogens with one attached hydrogen (secondary N) is 1. The number of benzene rings is 3. The highest BCUT2D eigenvalue weighted by Crippen LogP contribution is 2.38. The molecular formula is C35H38N2O. The summed E-state index contributed by atoms with van der Waals surface area (Å²) in [5.74, 6) is 0. The fourth-order valence-corrected chi connectivity index (χ4v) is 5.20. The Kier molecular flexibility index (Phi) is 8.70. The van der Waals surface area contributed by atoms with Crippen molar-refractivity contribution in [3.8, 4) is 11.1 Å². The Bertz CT molecular complexity index is 1730. The molecule has 0 aliphatic heterocycles. The Hall–Kier alpha value is -4.24. The summed E-state index contributed by atoms with van der Waals surface area (Å²) in [6, 6.07) is 19.2. The van der Waals surface area contributed by atoms with Crippen LogP contribution in [0.3, 0.4) is 0 Å². The van der Waals surface area contributed by atoms with Crippen molar-refractivity contribution in [3.63, 3.8) is 0 Å². The lowest BCUT2D eigenvalue weighted by molar-refractivity contribution is 0.669.